The van der Waals surface area contributed by atoms with Crippen LogP contribution in [0.1, 0.15) is 18.4 Å². The second-order valence-corrected chi connectivity index (χ2v) is 9.68. The van der Waals surface area contributed by atoms with E-state index in [1.165, 1.54) is 11.8 Å². The highest BCUT2D eigenvalue weighted by Gasteiger charge is 2.31. The number of aromatic amines is 1. The Bertz CT molecular complexity index is 1130. The van der Waals surface area contributed by atoms with Crippen molar-refractivity contribution in [1.29, 1.82) is 0 Å². The number of carbonyl (C=O) groups is 5. The van der Waals surface area contributed by atoms with Gasteiger partial charge >= 0.3 is 5.97 Å². The number of hydrogen-bond donors (Lipinski definition) is 8. The maximum Gasteiger partial charge on any atom is 0.326 e. The van der Waals surface area contributed by atoms with Crippen LogP contribution in [-0.4, -0.2) is 81.6 Å². The minimum absolute atomic E-state index is 0.00896. The molecule has 37 heavy (non-hydrogen) atoms. The molecule has 4 unspecified atom stereocenters. The van der Waals surface area contributed by atoms with Crippen molar-refractivity contribution in [3.8, 4) is 0 Å². The molecule has 0 fully saturated rings. The Hall–Kier alpha value is -3.23. The quantitative estimate of drug-likeness (QED) is 0.130. The lowest BCUT2D eigenvalue weighted by molar-refractivity contribution is -0.143. The Labute approximate surface area is 223 Å². The monoisotopic (exact) mass is 552 g/mol. The largest absolute Gasteiger partial charge is 0.480 e. The predicted molar refractivity (Wildman–Crippen MR) is 144 cm³/mol. The van der Waals surface area contributed by atoms with Gasteiger partial charge in [0.05, 0.1) is 12.5 Å². The molecule has 0 bridgehead atoms. The molecule has 0 saturated carbocycles. The van der Waals surface area contributed by atoms with Gasteiger partial charge in [0.2, 0.25) is 23.6 Å². The van der Waals surface area contributed by atoms with E-state index in [0.29, 0.717) is 17.7 Å². The van der Waals surface area contributed by atoms with Crippen molar-refractivity contribution in [2.75, 3.05) is 17.8 Å². The predicted octanol–water partition coefficient (Wildman–Crippen LogP) is -0.865. The second-order valence-electron chi connectivity index (χ2n) is 8.33. The van der Waals surface area contributed by atoms with Crippen LogP contribution in [-0.2, 0) is 30.4 Å². The van der Waals surface area contributed by atoms with E-state index >= 15 is 0 Å². The zero-order chi connectivity index (χ0) is 27.5. The summed E-state index contributed by atoms with van der Waals surface area (Å²) in [5.74, 6) is -3.86. The zero-order valence-corrected chi connectivity index (χ0v) is 21.9. The number of thioether (sulfide) groups is 1. The minimum atomic E-state index is -1.58. The summed E-state index contributed by atoms with van der Waals surface area (Å²) in [5, 5.41) is 17.6. The number of aromatic nitrogens is 1. The van der Waals surface area contributed by atoms with E-state index in [1.807, 2.05) is 30.5 Å². The number of nitrogens with two attached hydrogens (primary N) is 2. The molecule has 2 aromatic rings. The van der Waals surface area contributed by atoms with Gasteiger partial charge in [-0.05, 0) is 30.1 Å². The number of carboxylic acids is 1. The minimum Gasteiger partial charge on any atom is -0.480 e. The zero-order valence-electron chi connectivity index (χ0n) is 20.2. The molecule has 1 heterocycles. The van der Waals surface area contributed by atoms with Gasteiger partial charge in [-0.2, -0.15) is 24.4 Å². The number of H-pyrrole nitrogens is 1. The summed E-state index contributed by atoms with van der Waals surface area (Å²) < 4.78 is 0. The third kappa shape index (κ3) is 8.98. The average molecular weight is 553 g/mol. The van der Waals surface area contributed by atoms with E-state index in [2.05, 4.69) is 33.6 Å². The number of para-hydroxylation sites is 1. The molecule has 14 heteroatoms. The van der Waals surface area contributed by atoms with Crippen molar-refractivity contribution in [2.24, 2.45) is 11.5 Å². The summed E-state index contributed by atoms with van der Waals surface area (Å²) in [4.78, 5) is 64.5. The summed E-state index contributed by atoms with van der Waals surface area (Å²) in [6, 6.07) is 2.57. The molecular formula is C23H32N6O6S2. The van der Waals surface area contributed by atoms with Crippen LogP contribution in [0, 0.1) is 0 Å². The van der Waals surface area contributed by atoms with E-state index in [1.54, 1.807) is 6.20 Å². The highest BCUT2D eigenvalue weighted by Crippen LogP contribution is 2.19. The number of carbonyl (C=O) groups excluding carboxylic acids is 4. The molecule has 1 aromatic carbocycles. The Balaban J connectivity index is 2.24. The molecule has 0 aliphatic rings. The van der Waals surface area contributed by atoms with E-state index in [4.69, 9.17) is 11.5 Å². The number of fused-ring (bicyclic) bond motifs is 1. The third-order valence-corrected chi connectivity index (χ3v) is 6.55. The second kappa shape index (κ2) is 14.5. The van der Waals surface area contributed by atoms with Crippen molar-refractivity contribution >= 4 is 64.9 Å². The molecule has 9 N–H and O–H groups in total. The first-order chi connectivity index (χ1) is 17.6. The molecule has 4 atom stereocenters. The molecular weight excluding hydrogens is 520 g/mol. The molecule has 0 spiro atoms. The highest BCUT2D eigenvalue weighted by atomic mass is 32.2. The number of hydrogen-bond acceptors (Lipinski definition) is 8. The summed E-state index contributed by atoms with van der Waals surface area (Å²) in [6.07, 6.45) is 3.34. The van der Waals surface area contributed by atoms with Gasteiger partial charge in [-0.15, -0.1) is 0 Å². The summed E-state index contributed by atoms with van der Waals surface area (Å²) >= 11 is 5.68. The first-order valence-corrected chi connectivity index (χ1v) is 13.4. The number of carboxylic acid groups (broad SMARTS) is 1. The van der Waals surface area contributed by atoms with Crippen LogP contribution in [0.25, 0.3) is 10.9 Å². The Morgan fingerprint density at radius 2 is 1.65 bits per heavy atom. The third-order valence-electron chi connectivity index (χ3n) is 5.54. The van der Waals surface area contributed by atoms with Crippen molar-refractivity contribution < 1.29 is 29.1 Å². The SMILES string of the molecule is CSCCC(N)C(=O)NC(CS)C(=O)NC(Cc1c[nH]c2ccccc12)C(=O)NC(CC(N)=O)C(=O)O. The normalized spacial score (nSPS) is 14.2. The summed E-state index contributed by atoms with van der Waals surface area (Å²) in [5.41, 5.74) is 12.5. The molecule has 1 aromatic heterocycles. The topological polar surface area (TPSA) is 209 Å². The molecule has 202 valence electrons. The smallest absolute Gasteiger partial charge is 0.326 e. The number of nitrogens with one attached hydrogen (secondary N) is 4. The fraction of sp³-hybridized carbons (Fsp3) is 0.435. The fourth-order valence-electron chi connectivity index (χ4n) is 3.52. The van der Waals surface area contributed by atoms with Crippen LogP contribution in [0.2, 0.25) is 0 Å². The van der Waals surface area contributed by atoms with Gasteiger partial charge in [0.1, 0.15) is 18.1 Å². The van der Waals surface area contributed by atoms with Crippen molar-refractivity contribution in [1.82, 2.24) is 20.9 Å². The van der Waals surface area contributed by atoms with Crippen LogP contribution < -0.4 is 27.4 Å². The summed E-state index contributed by atoms with van der Waals surface area (Å²) in [6.45, 7) is 0. The highest BCUT2D eigenvalue weighted by molar-refractivity contribution is 7.98. The van der Waals surface area contributed by atoms with Crippen LogP contribution in [0.4, 0.5) is 0 Å². The van der Waals surface area contributed by atoms with Crippen molar-refractivity contribution in [2.45, 2.75) is 43.4 Å². The number of benzene rings is 1. The standard InChI is InChI=1S/C23H32N6O6S2/c1-37-7-6-14(24)20(31)29-18(11-36)22(33)27-16(21(32)28-17(23(34)35)9-19(25)30)8-12-10-26-15-5-3-2-4-13(12)15/h2-5,10,14,16-18,26,36H,6-9,11,24H2,1H3,(H2,25,30)(H,27,33)(H,28,32)(H,29,31)(H,34,35). The van der Waals surface area contributed by atoms with E-state index in [-0.39, 0.29) is 12.2 Å². The lowest BCUT2D eigenvalue weighted by Crippen LogP contribution is -2.58. The maximum absolute atomic E-state index is 13.1. The van der Waals surface area contributed by atoms with Crippen LogP contribution in [0.5, 0.6) is 0 Å². The lowest BCUT2D eigenvalue weighted by Gasteiger charge is -2.24. The lowest BCUT2D eigenvalue weighted by atomic mass is 10.0. The van der Waals surface area contributed by atoms with E-state index < -0.39 is 60.2 Å². The molecule has 0 saturated heterocycles. The average Bonchev–Trinajstić information content (AvgIpc) is 3.27. The number of amides is 4. The van der Waals surface area contributed by atoms with Gasteiger partial charge in [-0.3, -0.25) is 19.2 Å². The first kappa shape index (κ1) is 30.0. The molecule has 0 aliphatic carbocycles. The molecule has 4 amide bonds. The number of aliphatic carboxylic acids is 1. The maximum atomic E-state index is 13.1. The van der Waals surface area contributed by atoms with Gasteiger partial charge in [-0.25, -0.2) is 4.79 Å². The Kier molecular flexibility index (Phi) is 11.8. The van der Waals surface area contributed by atoms with E-state index in [9.17, 15) is 29.1 Å². The van der Waals surface area contributed by atoms with Gasteiger partial charge < -0.3 is 37.5 Å². The molecule has 0 aliphatic heterocycles. The van der Waals surface area contributed by atoms with Gasteiger partial charge in [0.25, 0.3) is 0 Å². The number of rotatable bonds is 15. The number of primary amides is 1. The Morgan fingerprint density at radius 1 is 1.03 bits per heavy atom. The molecule has 12 nitrogen and oxygen atoms in total. The van der Waals surface area contributed by atoms with Gasteiger partial charge in [0.15, 0.2) is 0 Å². The van der Waals surface area contributed by atoms with Crippen LogP contribution >= 0.6 is 24.4 Å². The molecule has 2 rings (SSSR count). The van der Waals surface area contributed by atoms with Crippen LogP contribution in [0.15, 0.2) is 30.5 Å². The molecule has 0 radical (unpaired) electrons. The van der Waals surface area contributed by atoms with Gasteiger partial charge in [-0.1, -0.05) is 18.2 Å². The first-order valence-electron chi connectivity index (χ1n) is 11.4. The number of thiol groups is 1. The Morgan fingerprint density at radius 3 is 2.27 bits per heavy atom. The van der Waals surface area contributed by atoms with Crippen LogP contribution in [0.3, 0.4) is 0 Å². The van der Waals surface area contributed by atoms with Crippen molar-refractivity contribution in [3.63, 3.8) is 0 Å². The van der Waals surface area contributed by atoms with E-state index in [0.717, 1.165) is 10.9 Å². The summed E-state index contributed by atoms with van der Waals surface area (Å²) in [7, 11) is 0. The van der Waals surface area contributed by atoms with Crippen molar-refractivity contribution in [3.05, 3.63) is 36.0 Å². The van der Waals surface area contributed by atoms with Gasteiger partial charge in [0, 0.05) is 29.3 Å². The fourth-order valence-corrected chi connectivity index (χ4v) is 4.27.